The van der Waals surface area contributed by atoms with E-state index in [0.717, 1.165) is 48.3 Å². The highest BCUT2D eigenvalue weighted by molar-refractivity contribution is 9.10. The molecule has 1 saturated heterocycles. The minimum atomic E-state index is 0.177. The standard InChI is InChI=1S/C19H25BrN4O/c1-14(4-5-15-6-8-16(20)9-7-15)23-18-11-19(22-13-21-18)24-10-2-3-17(24)12-25/h6-9,11,13-14,17,25H,2-5,10,12H2,1H3,(H,21,22,23). The number of aryl methyl sites for hydroxylation is 1. The zero-order valence-electron chi connectivity index (χ0n) is 14.5. The minimum absolute atomic E-state index is 0.177. The summed E-state index contributed by atoms with van der Waals surface area (Å²) in [6.07, 6.45) is 5.78. The molecule has 134 valence electrons. The summed E-state index contributed by atoms with van der Waals surface area (Å²) >= 11 is 3.47. The summed E-state index contributed by atoms with van der Waals surface area (Å²) in [6.45, 7) is 3.30. The van der Waals surface area contributed by atoms with E-state index in [1.165, 1.54) is 5.56 Å². The summed E-state index contributed by atoms with van der Waals surface area (Å²) in [5, 5.41) is 13.0. The molecule has 0 aliphatic carbocycles. The largest absolute Gasteiger partial charge is 0.394 e. The average molecular weight is 405 g/mol. The number of aromatic nitrogens is 2. The molecule has 0 spiro atoms. The van der Waals surface area contributed by atoms with Crippen molar-refractivity contribution in [3.8, 4) is 0 Å². The fourth-order valence-corrected chi connectivity index (χ4v) is 3.53. The number of halogens is 1. The Kier molecular flexibility index (Phi) is 6.26. The summed E-state index contributed by atoms with van der Waals surface area (Å²) in [5.74, 6) is 1.74. The van der Waals surface area contributed by atoms with Gasteiger partial charge in [0.15, 0.2) is 0 Å². The van der Waals surface area contributed by atoms with Crippen LogP contribution in [0.4, 0.5) is 11.6 Å². The van der Waals surface area contributed by atoms with E-state index in [9.17, 15) is 5.11 Å². The van der Waals surface area contributed by atoms with Gasteiger partial charge >= 0.3 is 0 Å². The van der Waals surface area contributed by atoms with Crippen LogP contribution in [-0.4, -0.2) is 40.3 Å². The van der Waals surface area contributed by atoms with Gasteiger partial charge in [0.25, 0.3) is 0 Å². The highest BCUT2D eigenvalue weighted by Crippen LogP contribution is 2.25. The molecule has 2 aromatic rings. The number of hydrogen-bond donors (Lipinski definition) is 2. The van der Waals surface area contributed by atoms with Crippen molar-refractivity contribution in [2.24, 2.45) is 0 Å². The third-order valence-electron chi connectivity index (χ3n) is 4.71. The molecule has 1 aliphatic rings. The predicted molar refractivity (Wildman–Crippen MR) is 105 cm³/mol. The third kappa shape index (κ3) is 4.92. The Morgan fingerprint density at radius 2 is 2.12 bits per heavy atom. The van der Waals surface area contributed by atoms with Crippen LogP contribution >= 0.6 is 15.9 Å². The first-order valence-electron chi connectivity index (χ1n) is 8.86. The van der Waals surface area contributed by atoms with Gasteiger partial charge < -0.3 is 15.3 Å². The quantitative estimate of drug-likeness (QED) is 0.737. The molecule has 2 heterocycles. The lowest BCUT2D eigenvalue weighted by Gasteiger charge is -2.24. The van der Waals surface area contributed by atoms with Crippen LogP contribution in [0.25, 0.3) is 0 Å². The van der Waals surface area contributed by atoms with E-state index < -0.39 is 0 Å². The maximum absolute atomic E-state index is 9.50. The highest BCUT2D eigenvalue weighted by Gasteiger charge is 2.25. The van der Waals surface area contributed by atoms with E-state index in [1.54, 1.807) is 6.33 Å². The Morgan fingerprint density at radius 3 is 2.88 bits per heavy atom. The van der Waals surface area contributed by atoms with Gasteiger partial charge in [-0.25, -0.2) is 9.97 Å². The molecular weight excluding hydrogens is 380 g/mol. The van der Waals surface area contributed by atoms with Gasteiger partial charge in [-0.1, -0.05) is 28.1 Å². The first kappa shape index (κ1) is 18.1. The Labute approximate surface area is 157 Å². The SMILES string of the molecule is CC(CCc1ccc(Br)cc1)Nc1cc(N2CCCC2CO)ncn1. The fourth-order valence-electron chi connectivity index (χ4n) is 3.27. The number of aliphatic hydroxyl groups excluding tert-OH is 1. The molecule has 6 heteroatoms. The Bertz CT molecular complexity index is 679. The summed E-state index contributed by atoms with van der Waals surface area (Å²) in [6, 6.07) is 11.0. The normalized spacial score (nSPS) is 18.4. The van der Waals surface area contributed by atoms with Gasteiger partial charge in [-0.3, -0.25) is 0 Å². The molecule has 1 aliphatic heterocycles. The lowest BCUT2D eigenvalue weighted by atomic mass is 10.1. The third-order valence-corrected chi connectivity index (χ3v) is 5.24. The van der Waals surface area contributed by atoms with Crippen molar-refractivity contribution in [2.45, 2.75) is 44.7 Å². The van der Waals surface area contributed by atoms with Crippen LogP contribution in [0.3, 0.4) is 0 Å². The predicted octanol–water partition coefficient (Wildman–Crippen LogP) is 3.63. The first-order chi connectivity index (χ1) is 12.2. The Balaban J connectivity index is 1.57. The van der Waals surface area contributed by atoms with Crippen molar-refractivity contribution < 1.29 is 5.11 Å². The number of nitrogens with one attached hydrogen (secondary N) is 1. The molecule has 2 unspecified atom stereocenters. The van der Waals surface area contributed by atoms with Crippen LogP contribution in [0.1, 0.15) is 31.7 Å². The minimum Gasteiger partial charge on any atom is -0.394 e. The van der Waals surface area contributed by atoms with Gasteiger partial charge in [0.1, 0.15) is 18.0 Å². The van der Waals surface area contributed by atoms with Gasteiger partial charge in [-0.05, 0) is 50.3 Å². The van der Waals surface area contributed by atoms with Crippen LogP contribution < -0.4 is 10.2 Å². The van der Waals surface area contributed by atoms with Gasteiger partial charge in [-0.2, -0.15) is 0 Å². The maximum Gasteiger partial charge on any atom is 0.134 e. The van der Waals surface area contributed by atoms with Crippen molar-refractivity contribution in [2.75, 3.05) is 23.4 Å². The van der Waals surface area contributed by atoms with E-state index in [1.807, 2.05) is 6.07 Å². The van der Waals surface area contributed by atoms with E-state index >= 15 is 0 Å². The highest BCUT2D eigenvalue weighted by atomic mass is 79.9. The topological polar surface area (TPSA) is 61.3 Å². The molecule has 3 rings (SSSR count). The van der Waals surface area contributed by atoms with Crippen LogP contribution in [-0.2, 0) is 6.42 Å². The first-order valence-corrected chi connectivity index (χ1v) is 9.65. The second kappa shape index (κ2) is 8.63. The lowest BCUT2D eigenvalue weighted by Crippen LogP contribution is -2.32. The van der Waals surface area contributed by atoms with E-state index in [4.69, 9.17) is 0 Å². The van der Waals surface area contributed by atoms with E-state index in [0.29, 0.717) is 6.04 Å². The molecule has 0 amide bonds. The number of nitrogens with zero attached hydrogens (tertiary/aromatic N) is 3. The van der Waals surface area contributed by atoms with Crippen molar-refractivity contribution in [3.63, 3.8) is 0 Å². The molecule has 5 nitrogen and oxygen atoms in total. The summed E-state index contributed by atoms with van der Waals surface area (Å²) in [5.41, 5.74) is 1.34. The van der Waals surface area contributed by atoms with Crippen LogP contribution in [0.15, 0.2) is 41.1 Å². The number of aliphatic hydroxyl groups is 1. The van der Waals surface area contributed by atoms with Crippen molar-refractivity contribution in [1.29, 1.82) is 0 Å². The van der Waals surface area contributed by atoms with E-state index in [2.05, 4.69) is 67.3 Å². The molecule has 2 N–H and O–H groups in total. The van der Waals surface area contributed by atoms with Crippen LogP contribution in [0.2, 0.25) is 0 Å². The zero-order chi connectivity index (χ0) is 17.6. The average Bonchev–Trinajstić information content (AvgIpc) is 3.10. The monoisotopic (exact) mass is 404 g/mol. The second-order valence-corrected chi connectivity index (χ2v) is 7.56. The van der Waals surface area contributed by atoms with Crippen molar-refractivity contribution >= 4 is 27.6 Å². The molecule has 0 bridgehead atoms. The molecular formula is C19H25BrN4O. The maximum atomic E-state index is 9.50. The van der Waals surface area contributed by atoms with Gasteiger partial charge in [0.05, 0.1) is 12.6 Å². The number of hydrogen-bond acceptors (Lipinski definition) is 5. The molecule has 1 fully saturated rings. The van der Waals surface area contributed by atoms with Gasteiger partial charge in [0.2, 0.25) is 0 Å². The molecule has 25 heavy (non-hydrogen) atoms. The number of anilines is 2. The Morgan fingerprint density at radius 1 is 1.32 bits per heavy atom. The smallest absolute Gasteiger partial charge is 0.134 e. The number of benzene rings is 1. The molecule has 0 radical (unpaired) electrons. The Hall–Kier alpha value is -1.66. The van der Waals surface area contributed by atoms with Gasteiger partial charge in [0, 0.05) is 23.1 Å². The number of rotatable bonds is 7. The molecule has 1 aromatic heterocycles. The molecule has 2 atom stereocenters. The fraction of sp³-hybridized carbons (Fsp3) is 0.474. The molecule has 0 saturated carbocycles. The second-order valence-electron chi connectivity index (χ2n) is 6.64. The van der Waals surface area contributed by atoms with Crippen LogP contribution in [0.5, 0.6) is 0 Å². The van der Waals surface area contributed by atoms with Gasteiger partial charge in [-0.15, -0.1) is 0 Å². The van der Waals surface area contributed by atoms with Crippen molar-refractivity contribution in [1.82, 2.24) is 9.97 Å². The van der Waals surface area contributed by atoms with E-state index in [-0.39, 0.29) is 12.6 Å². The zero-order valence-corrected chi connectivity index (χ0v) is 16.1. The summed E-state index contributed by atoms with van der Waals surface area (Å²) in [7, 11) is 0. The molecule has 1 aromatic carbocycles. The summed E-state index contributed by atoms with van der Waals surface area (Å²) < 4.78 is 1.11. The van der Waals surface area contributed by atoms with Crippen LogP contribution in [0, 0.1) is 0 Å². The summed E-state index contributed by atoms with van der Waals surface area (Å²) in [4.78, 5) is 10.9. The van der Waals surface area contributed by atoms with Crippen molar-refractivity contribution in [3.05, 3.63) is 46.7 Å². The lowest BCUT2D eigenvalue weighted by molar-refractivity contribution is 0.266.